The standard InChI is InChI=1S/C29H52N4O5.C2H2O4.Pt/c1-16(4-7-25(37)32-10-11-33-27(38)22(31)15-30)19-5-6-20-26-21(14-24(36)29(19,20)3)28(2)9-8-18(34)12-17(28)13-23(26)35;3-1(4)2(5)6;/h16-24,26,34-36H,4-15,30-31H2,1-3H3,(H,32,37)(H,33,38);(H,3,4)(H,5,6);/q;;+4/t16-,17+,18-,19-,20+,21+,22?,23-,24+,26+,28+,29-;;/m1../s1. The first-order chi connectivity index (χ1) is 20.6. The van der Waals surface area contributed by atoms with Gasteiger partial charge in [-0.05, 0) is 97.7 Å². The Morgan fingerprint density at radius 3 is 2.13 bits per heavy atom. The van der Waals surface area contributed by atoms with E-state index < -0.39 is 24.1 Å². The molecule has 0 heterocycles. The maximum atomic E-state index is 12.5. The molecule has 11 N–H and O–H groups in total. The molecule has 0 saturated heterocycles. The van der Waals surface area contributed by atoms with Gasteiger partial charge in [-0.15, -0.1) is 0 Å². The van der Waals surface area contributed by atoms with Gasteiger partial charge in [0, 0.05) is 26.1 Å². The van der Waals surface area contributed by atoms with Crippen molar-refractivity contribution >= 4 is 23.8 Å². The molecule has 0 aliphatic heterocycles. The fourth-order valence-electron chi connectivity index (χ4n) is 9.41. The van der Waals surface area contributed by atoms with Crippen LogP contribution in [0.15, 0.2) is 0 Å². The van der Waals surface area contributed by atoms with Crippen LogP contribution < -0.4 is 22.1 Å². The first kappa shape index (κ1) is 39.5. The molecule has 1 unspecified atom stereocenters. The van der Waals surface area contributed by atoms with Gasteiger partial charge in [0.25, 0.3) is 0 Å². The zero-order valence-corrected chi connectivity index (χ0v) is 28.9. The van der Waals surface area contributed by atoms with Crippen LogP contribution in [-0.4, -0.2) is 93.3 Å². The van der Waals surface area contributed by atoms with Crippen LogP contribution in [0.1, 0.15) is 78.6 Å². The van der Waals surface area contributed by atoms with Gasteiger partial charge in [0.15, 0.2) is 0 Å². The second-order valence-corrected chi connectivity index (χ2v) is 14.1. The molecule has 0 radical (unpaired) electrons. The fraction of sp³-hybridized carbons (Fsp3) is 0.871. The van der Waals surface area contributed by atoms with Gasteiger partial charge in [-0.3, -0.25) is 9.59 Å². The summed E-state index contributed by atoms with van der Waals surface area (Å²) in [7, 11) is 0. The number of fused-ring (bicyclic) bond motifs is 5. The summed E-state index contributed by atoms with van der Waals surface area (Å²) in [5, 5.41) is 53.7. The average Bonchev–Trinajstić information content (AvgIpc) is 3.33. The van der Waals surface area contributed by atoms with Crippen molar-refractivity contribution in [3.05, 3.63) is 0 Å². The first-order valence-electron chi connectivity index (χ1n) is 16.1. The second kappa shape index (κ2) is 16.5. The summed E-state index contributed by atoms with van der Waals surface area (Å²) in [6, 6.07) is -0.733. The number of amides is 2. The molecule has 0 spiro atoms. The topological polar surface area (TPSA) is 246 Å². The van der Waals surface area contributed by atoms with Crippen LogP contribution in [0.25, 0.3) is 0 Å². The molecule has 0 bridgehead atoms. The molecule has 4 rings (SSSR count). The monoisotopic (exact) mass is 821 g/mol. The Kier molecular flexibility index (Phi) is 14.5. The van der Waals surface area contributed by atoms with Gasteiger partial charge in [-0.1, -0.05) is 20.8 Å². The Morgan fingerprint density at radius 1 is 0.911 bits per heavy atom. The van der Waals surface area contributed by atoms with Gasteiger partial charge in [0.2, 0.25) is 11.8 Å². The number of nitrogens with one attached hydrogen (secondary N) is 2. The maximum Gasteiger partial charge on any atom is 4.00 e. The fourth-order valence-corrected chi connectivity index (χ4v) is 9.41. The number of hydrogen-bond donors (Lipinski definition) is 9. The smallest absolute Gasteiger partial charge is 0.473 e. The molecule has 12 atom stereocenters. The van der Waals surface area contributed by atoms with Crippen molar-refractivity contribution in [1.29, 1.82) is 0 Å². The average molecular weight is 822 g/mol. The molecule has 45 heavy (non-hydrogen) atoms. The Balaban J connectivity index is 0.000000918. The van der Waals surface area contributed by atoms with Crippen molar-refractivity contribution in [2.24, 2.45) is 57.8 Å². The molecule has 4 aliphatic carbocycles. The third-order valence-corrected chi connectivity index (χ3v) is 11.9. The third-order valence-electron chi connectivity index (χ3n) is 11.9. The number of carboxylic acids is 2. The third kappa shape index (κ3) is 8.64. The Labute approximate surface area is 279 Å². The largest absolute Gasteiger partial charge is 4.00 e. The summed E-state index contributed by atoms with van der Waals surface area (Å²) >= 11 is 0. The van der Waals surface area contributed by atoms with E-state index in [2.05, 4.69) is 31.4 Å². The first-order valence-corrected chi connectivity index (χ1v) is 16.1. The predicted octanol–water partition coefficient (Wildman–Crippen LogP) is 0.0356. The number of aliphatic hydroxyl groups is 3. The molecule has 2 amide bonds. The zero-order chi connectivity index (χ0) is 33.0. The van der Waals surface area contributed by atoms with Crippen molar-refractivity contribution in [1.82, 2.24) is 10.6 Å². The van der Waals surface area contributed by atoms with Gasteiger partial charge < -0.3 is 47.6 Å². The molecule has 14 heteroatoms. The number of nitrogens with two attached hydrogens (primary N) is 2. The predicted molar refractivity (Wildman–Crippen MR) is 161 cm³/mol. The van der Waals surface area contributed by atoms with Crippen LogP contribution in [0.2, 0.25) is 0 Å². The van der Waals surface area contributed by atoms with Crippen LogP contribution >= 0.6 is 0 Å². The quantitative estimate of drug-likeness (QED) is 0.111. The molecule has 13 nitrogen and oxygen atoms in total. The van der Waals surface area contributed by atoms with Crippen molar-refractivity contribution in [3.63, 3.8) is 0 Å². The zero-order valence-electron chi connectivity index (χ0n) is 26.6. The van der Waals surface area contributed by atoms with Crippen molar-refractivity contribution in [2.75, 3.05) is 19.6 Å². The van der Waals surface area contributed by atoms with Crippen LogP contribution in [0, 0.1) is 46.3 Å². The summed E-state index contributed by atoms with van der Waals surface area (Å²) in [5.74, 6) is -2.34. The van der Waals surface area contributed by atoms with Gasteiger partial charge in [-0.25, -0.2) is 9.59 Å². The molecular weight excluding hydrogens is 767 g/mol. The number of carbonyl (C=O) groups excluding carboxylic acids is 2. The molecular formula is C31H54N4O9Pt+4. The molecule has 4 aliphatic rings. The van der Waals surface area contributed by atoms with E-state index in [-0.39, 0.29) is 86.1 Å². The SMILES string of the molecule is C[C@H](CCC(=O)NCCNC(=O)C(N)CN)[C@H]1CC[C@H]2[C@@H]3[C@H](O)C[C@@H]4C[C@H](O)CC[C@]4(C)[C@H]3C[C@H](O)[C@]12C.O=C(O)C(=O)O.[Pt+4]. The number of rotatable bonds is 9. The minimum atomic E-state index is -1.82. The number of hydrogen-bond acceptors (Lipinski definition) is 9. The Hall–Kier alpha value is -1.63. The van der Waals surface area contributed by atoms with E-state index >= 15 is 0 Å². The van der Waals surface area contributed by atoms with Gasteiger partial charge in [-0.2, -0.15) is 0 Å². The molecule has 4 fully saturated rings. The second-order valence-electron chi connectivity index (χ2n) is 14.1. The van der Waals surface area contributed by atoms with Crippen LogP contribution in [-0.2, 0) is 40.2 Å². The number of carboxylic acid groups (broad SMARTS) is 2. The molecule has 258 valence electrons. The summed E-state index contributed by atoms with van der Waals surface area (Å²) in [4.78, 5) is 42.4. The van der Waals surface area contributed by atoms with E-state index in [0.29, 0.717) is 31.3 Å². The molecule has 0 aromatic rings. The van der Waals surface area contributed by atoms with E-state index in [1.165, 1.54) is 0 Å². The van der Waals surface area contributed by atoms with Crippen molar-refractivity contribution in [3.8, 4) is 0 Å². The van der Waals surface area contributed by atoms with Crippen LogP contribution in [0.4, 0.5) is 0 Å². The summed E-state index contributed by atoms with van der Waals surface area (Å²) < 4.78 is 0. The molecule has 0 aromatic heterocycles. The van der Waals surface area contributed by atoms with Gasteiger partial charge in [0.05, 0.1) is 24.4 Å². The Bertz CT molecular complexity index is 1040. The molecule has 0 aromatic carbocycles. The summed E-state index contributed by atoms with van der Waals surface area (Å²) in [5.41, 5.74) is 10.8. The van der Waals surface area contributed by atoms with E-state index in [0.717, 1.165) is 51.4 Å². The minimum absolute atomic E-state index is 0. The van der Waals surface area contributed by atoms with Crippen LogP contribution in [0.3, 0.4) is 0 Å². The summed E-state index contributed by atoms with van der Waals surface area (Å²) in [6.45, 7) is 7.54. The van der Waals surface area contributed by atoms with E-state index in [1.54, 1.807) is 0 Å². The number of aliphatic carboxylic acids is 2. The van der Waals surface area contributed by atoms with Gasteiger partial charge in [0.1, 0.15) is 0 Å². The minimum Gasteiger partial charge on any atom is -0.473 e. The van der Waals surface area contributed by atoms with Gasteiger partial charge >= 0.3 is 33.0 Å². The Morgan fingerprint density at radius 2 is 1.53 bits per heavy atom. The van der Waals surface area contributed by atoms with E-state index in [9.17, 15) is 24.9 Å². The maximum absolute atomic E-state index is 12.5. The van der Waals surface area contributed by atoms with Crippen molar-refractivity contribution < 1.29 is 65.8 Å². The van der Waals surface area contributed by atoms with Crippen LogP contribution in [0.5, 0.6) is 0 Å². The number of carbonyl (C=O) groups is 4. The van der Waals surface area contributed by atoms with E-state index in [1.807, 2.05) is 0 Å². The summed E-state index contributed by atoms with van der Waals surface area (Å²) in [6.07, 6.45) is 6.16. The number of aliphatic hydroxyl groups excluding tert-OH is 3. The van der Waals surface area contributed by atoms with Crippen molar-refractivity contribution in [2.45, 2.75) is 103 Å². The molecule has 4 saturated carbocycles. The van der Waals surface area contributed by atoms with E-state index in [4.69, 9.17) is 31.3 Å². The normalized spacial score (nSPS) is 38.0.